The molecule has 116 valence electrons. The van der Waals surface area contributed by atoms with E-state index in [9.17, 15) is 9.59 Å². The normalized spacial score (nSPS) is 11.2. The molecule has 0 bridgehead atoms. The molecular weight excluding hydrogens is 292 g/mol. The smallest absolute Gasteiger partial charge is 0.251 e. The van der Waals surface area contributed by atoms with Crippen molar-refractivity contribution >= 4 is 28.6 Å². The van der Waals surface area contributed by atoms with Crippen LogP contribution in [0, 0.1) is 13.8 Å². The van der Waals surface area contributed by atoms with Crippen LogP contribution in [0.25, 0.3) is 17.0 Å². The molecule has 1 aromatic carbocycles. The minimum atomic E-state index is -0.271. The number of rotatable bonds is 3. The summed E-state index contributed by atoms with van der Waals surface area (Å²) in [5, 5.41) is 3.72. The number of pyridine rings is 1. The Labute approximate surface area is 132 Å². The fourth-order valence-electron chi connectivity index (χ4n) is 2.37. The third-order valence-electron chi connectivity index (χ3n) is 3.78. The average Bonchev–Trinajstić information content (AvgIpc) is 3.04. The van der Waals surface area contributed by atoms with Crippen LogP contribution in [0.2, 0.25) is 0 Å². The SMILES string of the molecule is Cc1c(C)c2ccc(NC(=O)/C=C/c3ccco3)cc2[nH]c1=O. The highest BCUT2D eigenvalue weighted by Gasteiger charge is 2.06. The quantitative estimate of drug-likeness (QED) is 0.728. The largest absolute Gasteiger partial charge is 0.465 e. The minimum Gasteiger partial charge on any atom is -0.465 e. The summed E-state index contributed by atoms with van der Waals surface area (Å²) in [5.74, 6) is 0.334. The lowest BCUT2D eigenvalue weighted by atomic mass is 10.1. The van der Waals surface area contributed by atoms with Crippen molar-refractivity contribution in [1.82, 2.24) is 4.98 Å². The molecule has 3 aromatic rings. The van der Waals surface area contributed by atoms with E-state index in [1.54, 1.807) is 37.5 Å². The molecule has 0 aliphatic heterocycles. The predicted octanol–water partition coefficient (Wildman–Crippen LogP) is 3.39. The first-order valence-electron chi connectivity index (χ1n) is 7.20. The summed E-state index contributed by atoms with van der Waals surface area (Å²) >= 11 is 0. The lowest BCUT2D eigenvalue weighted by molar-refractivity contribution is -0.111. The summed E-state index contributed by atoms with van der Waals surface area (Å²) in [6.45, 7) is 3.71. The lowest BCUT2D eigenvalue weighted by Crippen LogP contribution is -2.12. The Balaban J connectivity index is 1.85. The highest BCUT2D eigenvalue weighted by Crippen LogP contribution is 2.21. The van der Waals surface area contributed by atoms with Gasteiger partial charge in [0.15, 0.2) is 0 Å². The number of aryl methyl sites for hydroxylation is 1. The van der Waals surface area contributed by atoms with Crippen molar-refractivity contribution in [3.05, 3.63) is 69.9 Å². The van der Waals surface area contributed by atoms with Gasteiger partial charge in [0.05, 0.1) is 11.8 Å². The number of aromatic nitrogens is 1. The summed E-state index contributed by atoms with van der Waals surface area (Å²) in [6, 6.07) is 8.96. The van der Waals surface area contributed by atoms with E-state index in [-0.39, 0.29) is 11.5 Å². The maximum Gasteiger partial charge on any atom is 0.251 e. The van der Waals surface area contributed by atoms with Crippen molar-refractivity contribution < 1.29 is 9.21 Å². The zero-order valence-electron chi connectivity index (χ0n) is 12.8. The van der Waals surface area contributed by atoms with Crippen molar-refractivity contribution in [1.29, 1.82) is 0 Å². The van der Waals surface area contributed by atoms with Gasteiger partial charge in [-0.1, -0.05) is 6.07 Å². The Hall–Kier alpha value is -3.08. The van der Waals surface area contributed by atoms with Gasteiger partial charge in [-0.25, -0.2) is 0 Å². The number of carbonyl (C=O) groups is 1. The molecule has 0 saturated heterocycles. The van der Waals surface area contributed by atoms with Crippen LogP contribution in [0.4, 0.5) is 5.69 Å². The number of hydrogen-bond acceptors (Lipinski definition) is 3. The standard InChI is InChI=1S/C18H16N2O3/c1-11-12(2)18(22)20-16-10-13(5-7-15(11)16)19-17(21)8-6-14-4-3-9-23-14/h3-10H,1-2H3,(H,19,21)(H,20,22)/b8-6+. The van der Waals surface area contributed by atoms with E-state index >= 15 is 0 Å². The Morgan fingerprint density at radius 3 is 2.78 bits per heavy atom. The van der Waals surface area contributed by atoms with Crippen molar-refractivity contribution in [3.8, 4) is 0 Å². The second-order valence-corrected chi connectivity index (χ2v) is 5.30. The van der Waals surface area contributed by atoms with Crippen molar-refractivity contribution in [2.24, 2.45) is 0 Å². The van der Waals surface area contributed by atoms with Crippen molar-refractivity contribution in [2.45, 2.75) is 13.8 Å². The molecule has 0 spiro atoms. The zero-order valence-corrected chi connectivity index (χ0v) is 12.8. The highest BCUT2D eigenvalue weighted by atomic mass is 16.3. The molecule has 0 unspecified atom stereocenters. The summed E-state index contributed by atoms with van der Waals surface area (Å²) < 4.78 is 5.12. The summed E-state index contributed by atoms with van der Waals surface area (Å²) in [6.07, 6.45) is 4.53. The van der Waals surface area contributed by atoms with Gasteiger partial charge >= 0.3 is 0 Å². The van der Waals surface area contributed by atoms with Gasteiger partial charge in [0, 0.05) is 22.7 Å². The Morgan fingerprint density at radius 2 is 2.04 bits per heavy atom. The number of carbonyl (C=O) groups excluding carboxylic acids is 1. The second kappa shape index (κ2) is 5.96. The van der Waals surface area contributed by atoms with Gasteiger partial charge in [0.25, 0.3) is 5.56 Å². The predicted molar refractivity (Wildman–Crippen MR) is 90.4 cm³/mol. The molecule has 5 heteroatoms. The van der Waals surface area contributed by atoms with Crippen LogP contribution in [0.3, 0.4) is 0 Å². The molecule has 0 radical (unpaired) electrons. The molecule has 0 fully saturated rings. The van der Waals surface area contributed by atoms with Gasteiger partial charge in [0.1, 0.15) is 5.76 Å². The number of furan rings is 1. The van der Waals surface area contributed by atoms with Gasteiger partial charge in [-0.15, -0.1) is 0 Å². The van der Waals surface area contributed by atoms with Crippen molar-refractivity contribution in [2.75, 3.05) is 5.32 Å². The number of aromatic amines is 1. The number of anilines is 1. The van der Waals surface area contributed by atoms with E-state index < -0.39 is 0 Å². The monoisotopic (exact) mass is 308 g/mol. The van der Waals surface area contributed by atoms with E-state index in [2.05, 4.69) is 10.3 Å². The van der Waals surface area contributed by atoms with Gasteiger partial charge < -0.3 is 14.7 Å². The molecule has 3 rings (SSSR count). The number of fused-ring (bicyclic) bond motifs is 1. The molecule has 23 heavy (non-hydrogen) atoms. The van der Waals surface area contributed by atoms with Crippen LogP contribution in [-0.4, -0.2) is 10.9 Å². The fourth-order valence-corrected chi connectivity index (χ4v) is 2.37. The molecule has 5 nitrogen and oxygen atoms in total. The maximum atomic E-state index is 11.9. The number of amides is 1. The highest BCUT2D eigenvalue weighted by molar-refractivity contribution is 6.02. The molecule has 1 amide bonds. The van der Waals surface area contributed by atoms with E-state index in [1.807, 2.05) is 19.1 Å². The third-order valence-corrected chi connectivity index (χ3v) is 3.78. The molecule has 2 aromatic heterocycles. The van der Waals surface area contributed by atoms with E-state index in [0.29, 0.717) is 22.5 Å². The van der Waals surface area contributed by atoms with E-state index in [4.69, 9.17) is 4.42 Å². The average molecular weight is 308 g/mol. The van der Waals surface area contributed by atoms with E-state index in [0.717, 1.165) is 10.9 Å². The number of hydrogen-bond donors (Lipinski definition) is 2. The molecule has 2 N–H and O–H groups in total. The van der Waals surface area contributed by atoms with Gasteiger partial charge in [-0.05, 0) is 49.8 Å². The molecule has 0 aliphatic carbocycles. The molecular formula is C18H16N2O3. The Bertz CT molecular complexity index is 950. The van der Waals surface area contributed by atoms with Crippen LogP contribution < -0.4 is 10.9 Å². The minimum absolute atomic E-state index is 0.115. The summed E-state index contributed by atoms with van der Waals surface area (Å²) in [7, 11) is 0. The first kappa shape index (κ1) is 14.8. The number of H-pyrrole nitrogens is 1. The van der Waals surface area contributed by atoms with Crippen LogP contribution in [0.5, 0.6) is 0 Å². The van der Waals surface area contributed by atoms with Crippen LogP contribution in [-0.2, 0) is 4.79 Å². The summed E-state index contributed by atoms with van der Waals surface area (Å²) in [4.78, 5) is 26.6. The molecule has 2 heterocycles. The molecule has 0 saturated carbocycles. The molecule has 0 atom stereocenters. The van der Waals surface area contributed by atoms with Crippen LogP contribution in [0.1, 0.15) is 16.9 Å². The number of nitrogens with one attached hydrogen (secondary N) is 2. The first-order valence-corrected chi connectivity index (χ1v) is 7.20. The Kier molecular flexibility index (Phi) is 3.85. The van der Waals surface area contributed by atoms with Crippen LogP contribution in [0.15, 0.2) is 51.9 Å². The first-order chi connectivity index (χ1) is 11.0. The molecule has 0 aliphatic rings. The maximum absolute atomic E-state index is 11.9. The Morgan fingerprint density at radius 1 is 1.22 bits per heavy atom. The topological polar surface area (TPSA) is 75.1 Å². The summed E-state index contributed by atoms with van der Waals surface area (Å²) in [5.41, 5.74) is 2.85. The number of benzene rings is 1. The third kappa shape index (κ3) is 3.08. The van der Waals surface area contributed by atoms with Crippen LogP contribution >= 0.6 is 0 Å². The second-order valence-electron chi connectivity index (χ2n) is 5.30. The van der Waals surface area contributed by atoms with Crippen molar-refractivity contribution in [3.63, 3.8) is 0 Å². The van der Waals surface area contributed by atoms with Gasteiger partial charge in [0.2, 0.25) is 5.91 Å². The zero-order chi connectivity index (χ0) is 16.4. The lowest BCUT2D eigenvalue weighted by Gasteiger charge is -2.08. The van der Waals surface area contributed by atoms with Gasteiger partial charge in [-0.3, -0.25) is 9.59 Å². The fraction of sp³-hybridized carbons (Fsp3) is 0.111. The van der Waals surface area contributed by atoms with E-state index in [1.165, 1.54) is 6.08 Å². The van der Waals surface area contributed by atoms with Gasteiger partial charge in [-0.2, -0.15) is 0 Å².